The molecule has 0 radical (unpaired) electrons. The summed E-state index contributed by atoms with van der Waals surface area (Å²) in [6.45, 7) is 8.93. The topological polar surface area (TPSA) is 13.0 Å². The van der Waals surface area contributed by atoms with Crippen molar-refractivity contribution in [2.45, 2.75) is 0 Å². The minimum atomic E-state index is 1.11. The number of nitrogens with zero attached hydrogens (tertiary/aromatic N) is 4. The predicted octanol–water partition coefficient (Wildman–Crippen LogP) is 3.84. The number of anilines is 2. The van der Waals surface area contributed by atoms with E-state index in [1.54, 1.807) is 0 Å². The summed E-state index contributed by atoms with van der Waals surface area (Å²) < 4.78 is 5.02. The Hall–Kier alpha value is -1.34. The normalized spacial score (nSPS) is 19.7. The molecule has 0 atom stereocenters. The third-order valence-electron chi connectivity index (χ3n) is 4.96. The first-order valence-corrected chi connectivity index (χ1v) is 11.4. The van der Waals surface area contributed by atoms with Crippen LogP contribution in [0.3, 0.4) is 0 Å². The van der Waals surface area contributed by atoms with Crippen LogP contribution in [-0.2, 0) is 0 Å². The fourth-order valence-corrected chi connectivity index (χ4v) is 5.69. The zero-order valence-electron chi connectivity index (χ0n) is 15.0. The fraction of sp³-hybridized carbons (Fsp3) is 0.400. The monoisotopic (exact) mass is 386 g/mol. The molecule has 2 heterocycles. The Balaban J connectivity index is 1.17. The maximum Gasteiger partial charge on any atom is 0.0367 e. The Kier molecular flexibility index (Phi) is 6.27. The van der Waals surface area contributed by atoms with Crippen molar-refractivity contribution in [3.63, 3.8) is 0 Å². The molecule has 0 amide bonds. The van der Waals surface area contributed by atoms with Gasteiger partial charge in [-0.3, -0.25) is 0 Å². The molecule has 6 heteroatoms. The molecule has 0 N–H and O–H groups in total. The molecule has 2 saturated heterocycles. The number of benzene rings is 2. The van der Waals surface area contributed by atoms with E-state index >= 15 is 0 Å². The summed E-state index contributed by atoms with van der Waals surface area (Å²) in [6.07, 6.45) is 0. The summed E-state index contributed by atoms with van der Waals surface area (Å²) in [5, 5.41) is 0. The third-order valence-corrected chi connectivity index (χ3v) is 7.65. The molecule has 0 unspecified atom stereocenters. The van der Waals surface area contributed by atoms with E-state index in [-0.39, 0.29) is 0 Å². The van der Waals surface area contributed by atoms with Crippen LogP contribution in [0.25, 0.3) is 0 Å². The molecular weight excluding hydrogens is 360 g/mol. The Morgan fingerprint density at radius 1 is 0.462 bits per heavy atom. The molecule has 4 nitrogen and oxygen atoms in total. The molecule has 0 aromatic heterocycles. The average molecular weight is 387 g/mol. The molecule has 4 rings (SSSR count). The maximum absolute atomic E-state index is 2.51. The van der Waals surface area contributed by atoms with Crippen LogP contribution in [0.1, 0.15) is 0 Å². The van der Waals surface area contributed by atoms with Crippen molar-refractivity contribution in [3.8, 4) is 0 Å². The van der Waals surface area contributed by atoms with Gasteiger partial charge >= 0.3 is 0 Å². The summed E-state index contributed by atoms with van der Waals surface area (Å²) in [7, 11) is 3.86. The molecule has 0 saturated carbocycles. The van der Waals surface area contributed by atoms with Crippen molar-refractivity contribution in [2.75, 3.05) is 62.2 Å². The van der Waals surface area contributed by atoms with Crippen LogP contribution in [0.2, 0.25) is 0 Å². The van der Waals surface area contributed by atoms with Crippen LogP contribution in [0, 0.1) is 0 Å². The number of hydrogen-bond acceptors (Lipinski definition) is 6. The fourth-order valence-electron chi connectivity index (χ4n) is 3.41. The van der Waals surface area contributed by atoms with Crippen LogP contribution in [-0.4, -0.2) is 61.0 Å². The Labute approximate surface area is 164 Å². The minimum Gasteiger partial charge on any atom is -0.369 e. The molecule has 0 aliphatic carbocycles. The van der Waals surface area contributed by atoms with E-state index in [0.29, 0.717) is 0 Å². The van der Waals surface area contributed by atoms with E-state index < -0.39 is 0 Å². The van der Waals surface area contributed by atoms with Gasteiger partial charge in [-0.25, -0.2) is 8.61 Å². The highest BCUT2D eigenvalue weighted by molar-refractivity contribution is 8.74. The Bertz CT molecular complexity index is 595. The smallest absolute Gasteiger partial charge is 0.0367 e. The first-order chi connectivity index (χ1) is 12.9. The van der Waals surface area contributed by atoms with Gasteiger partial charge < -0.3 is 9.80 Å². The molecular formula is C20H26N4S2. The molecule has 0 spiro atoms. The highest BCUT2D eigenvalue weighted by Crippen LogP contribution is 2.32. The van der Waals surface area contributed by atoms with Gasteiger partial charge in [-0.2, -0.15) is 0 Å². The molecule has 2 aliphatic heterocycles. The van der Waals surface area contributed by atoms with Crippen LogP contribution >= 0.6 is 22.0 Å². The van der Waals surface area contributed by atoms with Crippen LogP contribution in [0.4, 0.5) is 11.4 Å². The highest BCUT2D eigenvalue weighted by Gasteiger charge is 2.21. The summed E-state index contributed by atoms with van der Waals surface area (Å²) in [4.78, 5) is 4.97. The van der Waals surface area contributed by atoms with Gasteiger partial charge in [0, 0.05) is 85.7 Å². The highest BCUT2D eigenvalue weighted by atomic mass is 33.1. The molecule has 2 aromatic carbocycles. The van der Waals surface area contributed by atoms with E-state index in [1.807, 2.05) is 22.0 Å². The van der Waals surface area contributed by atoms with E-state index in [2.05, 4.69) is 79.1 Å². The van der Waals surface area contributed by atoms with E-state index in [0.717, 1.165) is 52.4 Å². The van der Waals surface area contributed by atoms with Gasteiger partial charge in [-0.1, -0.05) is 36.4 Å². The van der Waals surface area contributed by atoms with Gasteiger partial charge in [0.1, 0.15) is 0 Å². The van der Waals surface area contributed by atoms with Gasteiger partial charge in [0.2, 0.25) is 0 Å². The predicted molar refractivity (Wildman–Crippen MR) is 116 cm³/mol. The van der Waals surface area contributed by atoms with E-state index in [4.69, 9.17) is 0 Å². The number of para-hydroxylation sites is 2. The maximum atomic E-state index is 2.51. The van der Waals surface area contributed by atoms with Crippen molar-refractivity contribution < 1.29 is 0 Å². The van der Waals surface area contributed by atoms with Crippen molar-refractivity contribution >= 4 is 33.3 Å². The molecule has 138 valence electrons. The van der Waals surface area contributed by atoms with Gasteiger partial charge in [-0.05, 0) is 24.3 Å². The third kappa shape index (κ3) is 4.68. The summed E-state index contributed by atoms with van der Waals surface area (Å²) >= 11 is 0. The number of piperazine rings is 2. The lowest BCUT2D eigenvalue weighted by atomic mass is 10.2. The number of hydrogen-bond donors (Lipinski definition) is 0. The molecule has 0 bridgehead atoms. The number of rotatable bonds is 5. The SMILES string of the molecule is c1ccc(N2CCN(SSN3CCN(c4ccccc4)CC3)CC2)cc1. The van der Waals surface area contributed by atoms with E-state index in [1.165, 1.54) is 11.4 Å². The molecule has 2 aromatic rings. The van der Waals surface area contributed by atoms with Crippen molar-refractivity contribution in [3.05, 3.63) is 60.7 Å². The molecule has 2 aliphatic rings. The standard InChI is InChI=1S/C20H26N4S2/c1-3-7-19(8-4-1)21-11-15-23(16-12-21)25-26-24-17-13-22(14-18-24)20-9-5-2-6-10-20/h1-10H,11-18H2. The second kappa shape index (κ2) is 9.04. The first-order valence-electron chi connectivity index (χ1n) is 9.33. The summed E-state index contributed by atoms with van der Waals surface area (Å²) in [5.41, 5.74) is 2.70. The first kappa shape index (κ1) is 18.0. The van der Waals surface area contributed by atoms with E-state index in [9.17, 15) is 0 Å². The Morgan fingerprint density at radius 3 is 1.15 bits per heavy atom. The largest absolute Gasteiger partial charge is 0.369 e. The molecule has 2 fully saturated rings. The quantitative estimate of drug-likeness (QED) is 0.568. The van der Waals surface area contributed by atoms with Gasteiger partial charge in [0.25, 0.3) is 0 Å². The van der Waals surface area contributed by atoms with Crippen LogP contribution in [0.5, 0.6) is 0 Å². The second-order valence-corrected chi connectivity index (χ2v) is 8.88. The Morgan fingerprint density at radius 2 is 0.808 bits per heavy atom. The lowest BCUT2D eigenvalue weighted by Crippen LogP contribution is -2.45. The second-order valence-electron chi connectivity index (χ2n) is 6.65. The van der Waals surface area contributed by atoms with Crippen molar-refractivity contribution in [1.82, 2.24) is 8.61 Å². The lowest BCUT2D eigenvalue weighted by molar-refractivity contribution is 0.425. The van der Waals surface area contributed by atoms with Crippen LogP contribution in [0.15, 0.2) is 60.7 Å². The van der Waals surface area contributed by atoms with Gasteiger partial charge in [0.15, 0.2) is 0 Å². The average Bonchev–Trinajstić information content (AvgIpc) is 2.74. The van der Waals surface area contributed by atoms with Crippen LogP contribution < -0.4 is 9.80 Å². The molecule has 26 heavy (non-hydrogen) atoms. The summed E-state index contributed by atoms with van der Waals surface area (Å²) in [6, 6.07) is 21.5. The zero-order valence-corrected chi connectivity index (χ0v) is 16.7. The van der Waals surface area contributed by atoms with Gasteiger partial charge in [0.05, 0.1) is 0 Å². The minimum absolute atomic E-state index is 1.11. The summed E-state index contributed by atoms with van der Waals surface area (Å²) in [5.74, 6) is 0. The zero-order chi connectivity index (χ0) is 17.6. The van der Waals surface area contributed by atoms with Crippen molar-refractivity contribution in [2.24, 2.45) is 0 Å². The van der Waals surface area contributed by atoms with Crippen molar-refractivity contribution in [1.29, 1.82) is 0 Å². The van der Waals surface area contributed by atoms with Gasteiger partial charge in [-0.15, -0.1) is 0 Å². The lowest BCUT2D eigenvalue weighted by Gasteiger charge is -2.37.